The molecule has 144 valence electrons. The number of thioether (sulfide) groups is 1. The van der Waals surface area contributed by atoms with Gasteiger partial charge in [0.2, 0.25) is 5.91 Å². The lowest BCUT2D eigenvalue weighted by molar-refractivity contribution is -0.130. The van der Waals surface area contributed by atoms with Crippen LogP contribution in [0.25, 0.3) is 0 Å². The van der Waals surface area contributed by atoms with Crippen LogP contribution in [0.5, 0.6) is 0 Å². The van der Waals surface area contributed by atoms with Crippen molar-refractivity contribution in [3.63, 3.8) is 0 Å². The van der Waals surface area contributed by atoms with Gasteiger partial charge in [0.05, 0.1) is 5.25 Å². The summed E-state index contributed by atoms with van der Waals surface area (Å²) in [7, 11) is 1.78. The quantitative estimate of drug-likeness (QED) is 0.752. The Bertz CT molecular complexity index is 641. The van der Waals surface area contributed by atoms with Gasteiger partial charge < -0.3 is 15.1 Å². The summed E-state index contributed by atoms with van der Waals surface area (Å²) in [5.41, 5.74) is 0.981. The largest absolute Gasteiger partial charge is 0.336 e. The van der Waals surface area contributed by atoms with Crippen molar-refractivity contribution in [2.45, 2.75) is 50.3 Å². The summed E-state index contributed by atoms with van der Waals surface area (Å²) in [6.45, 7) is 7.11. The smallest absolute Gasteiger partial charge is 0.317 e. The Morgan fingerprint density at radius 2 is 2.08 bits per heavy atom. The Morgan fingerprint density at radius 1 is 1.38 bits per heavy atom. The Morgan fingerprint density at radius 3 is 2.69 bits per heavy atom. The molecule has 26 heavy (non-hydrogen) atoms. The monoisotopic (exact) mass is 397 g/mol. The molecule has 0 aromatic heterocycles. The average molecular weight is 398 g/mol. The molecule has 1 N–H and O–H groups in total. The van der Waals surface area contributed by atoms with Crippen molar-refractivity contribution in [3.8, 4) is 0 Å². The fraction of sp³-hybridized carbons (Fsp3) is 0.579. The van der Waals surface area contributed by atoms with Gasteiger partial charge in [0.1, 0.15) is 5.37 Å². The van der Waals surface area contributed by atoms with Gasteiger partial charge in [-0.3, -0.25) is 4.79 Å². The summed E-state index contributed by atoms with van der Waals surface area (Å²) in [5, 5.41) is 3.47. The molecular weight excluding hydrogens is 370 g/mol. The highest BCUT2D eigenvalue weighted by Crippen LogP contribution is 2.46. The van der Waals surface area contributed by atoms with Crippen molar-refractivity contribution in [1.82, 2.24) is 15.1 Å². The number of halogens is 1. The second kappa shape index (κ2) is 9.51. The number of carbonyl (C=O) groups is 2. The Kier molecular flexibility index (Phi) is 7.65. The molecule has 0 unspecified atom stereocenters. The number of hydrogen-bond donors (Lipinski definition) is 1. The van der Waals surface area contributed by atoms with Crippen molar-refractivity contribution >= 4 is 35.3 Å². The van der Waals surface area contributed by atoms with Gasteiger partial charge in [0, 0.05) is 36.8 Å². The highest BCUT2D eigenvalue weighted by atomic mass is 35.5. The number of benzene rings is 1. The second-order valence-corrected chi connectivity index (χ2v) is 8.51. The van der Waals surface area contributed by atoms with Crippen molar-refractivity contribution in [2.24, 2.45) is 0 Å². The molecule has 0 aliphatic carbocycles. The predicted molar refractivity (Wildman–Crippen MR) is 108 cm³/mol. The first-order valence-electron chi connectivity index (χ1n) is 9.07. The van der Waals surface area contributed by atoms with Gasteiger partial charge in [-0.25, -0.2) is 4.79 Å². The lowest BCUT2D eigenvalue weighted by atomic mass is 10.2. The van der Waals surface area contributed by atoms with Gasteiger partial charge in [0.15, 0.2) is 0 Å². The maximum Gasteiger partial charge on any atom is 0.317 e. The maximum absolute atomic E-state index is 12.8. The summed E-state index contributed by atoms with van der Waals surface area (Å²) in [5.74, 6) is 0.164. The number of carbonyl (C=O) groups excluding carboxylic acids is 2. The highest BCUT2D eigenvalue weighted by Gasteiger charge is 2.40. The van der Waals surface area contributed by atoms with Crippen LogP contribution in [0.2, 0.25) is 5.02 Å². The fourth-order valence-electron chi connectivity index (χ4n) is 2.94. The predicted octanol–water partition coefficient (Wildman–Crippen LogP) is 4.13. The summed E-state index contributed by atoms with van der Waals surface area (Å²) in [6, 6.07) is 7.72. The summed E-state index contributed by atoms with van der Waals surface area (Å²) in [4.78, 5) is 28.3. The third-order valence-corrected chi connectivity index (χ3v) is 6.30. The normalized spacial score (nSPS) is 19.9. The Balaban J connectivity index is 2.01. The number of hydrogen-bond acceptors (Lipinski definition) is 3. The zero-order valence-corrected chi connectivity index (χ0v) is 17.4. The SMILES string of the molecule is CC[C@H]1S[C@H](c2ccccc2Cl)N(CCCN(C)C(=O)NC(C)C)C1=O. The number of amides is 3. The van der Waals surface area contributed by atoms with E-state index in [1.54, 1.807) is 23.7 Å². The van der Waals surface area contributed by atoms with E-state index in [-0.39, 0.29) is 28.6 Å². The zero-order valence-electron chi connectivity index (χ0n) is 15.9. The first kappa shape index (κ1) is 20.9. The van der Waals surface area contributed by atoms with E-state index in [1.807, 2.05) is 49.9 Å². The van der Waals surface area contributed by atoms with Gasteiger partial charge in [0.25, 0.3) is 0 Å². The van der Waals surface area contributed by atoms with Crippen LogP contribution in [0.15, 0.2) is 24.3 Å². The minimum absolute atomic E-state index is 0.0294. The lowest BCUT2D eigenvalue weighted by Gasteiger charge is -2.26. The van der Waals surface area contributed by atoms with Crippen molar-refractivity contribution in [3.05, 3.63) is 34.9 Å². The van der Waals surface area contributed by atoms with Crippen molar-refractivity contribution in [1.29, 1.82) is 0 Å². The lowest BCUT2D eigenvalue weighted by Crippen LogP contribution is -2.42. The van der Waals surface area contributed by atoms with Gasteiger partial charge in [-0.15, -0.1) is 11.8 Å². The molecule has 1 fully saturated rings. The third kappa shape index (κ3) is 5.07. The number of rotatable bonds is 7. The van der Waals surface area contributed by atoms with E-state index >= 15 is 0 Å². The summed E-state index contributed by atoms with van der Waals surface area (Å²) in [6.07, 6.45) is 1.53. The Hall–Kier alpha value is -1.40. The van der Waals surface area contributed by atoms with Gasteiger partial charge in [-0.2, -0.15) is 0 Å². The molecule has 2 rings (SSSR count). The molecule has 5 nitrogen and oxygen atoms in total. The maximum atomic E-state index is 12.8. The molecule has 1 aromatic carbocycles. The van der Waals surface area contributed by atoms with E-state index in [9.17, 15) is 9.59 Å². The molecule has 1 saturated heterocycles. The van der Waals surface area contributed by atoms with E-state index in [0.717, 1.165) is 18.4 Å². The van der Waals surface area contributed by atoms with Gasteiger partial charge >= 0.3 is 6.03 Å². The van der Waals surface area contributed by atoms with Crippen LogP contribution in [-0.2, 0) is 4.79 Å². The number of nitrogens with one attached hydrogen (secondary N) is 1. The van der Waals surface area contributed by atoms with Crippen LogP contribution in [0, 0.1) is 0 Å². The molecule has 0 radical (unpaired) electrons. The van der Waals surface area contributed by atoms with Crippen LogP contribution < -0.4 is 5.32 Å². The molecule has 0 spiro atoms. The van der Waals surface area contributed by atoms with E-state index in [0.29, 0.717) is 18.1 Å². The first-order valence-corrected chi connectivity index (χ1v) is 10.4. The van der Waals surface area contributed by atoms with E-state index in [4.69, 9.17) is 11.6 Å². The minimum atomic E-state index is -0.0868. The van der Waals surface area contributed by atoms with Crippen LogP contribution in [0.3, 0.4) is 0 Å². The van der Waals surface area contributed by atoms with Crippen molar-refractivity contribution in [2.75, 3.05) is 20.1 Å². The highest BCUT2D eigenvalue weighted by molar-refractivity contribution is 8.01. The summed E-state index contributed by atoms with van der Waals surface area (Å²) < 4.78 is 0. The number of urea groups is 1. The zero-order chi connectivity index (χ0) is 19.3. The Labute approximate surface area is 165 Å². The first-order chi connectivity index (χ1) is 12.3. The third-order valence-electron chi connectivity index (χ3n) is 4.33. The van der Waals surface area contributed by atoms with Crippen LogP contribution in [0.1, 0.15) is 44.6 Å². The van der Waals surface area contributed by atoms with Crippen LogP contribution in [0.4, 0.5) is 4.79 Å². The van der Waals surface area contributed by atoms with Crippen LogP contribution >= 0.6 is 23.4 Å². The van der Waals surface area contributed by atoms with E-state index < -0.39 is 0 Å². The van der Waals surface area contributed by atoms with Crippen LogP contribution in [-0.4, -0.2) is 53.2 Å². The molecule has 7 heteroatoms. The second-order valence-electron chi connectivity index (χ2n) is 6.82. The molecule has 1 aliphatic rings. The molecular formula is C19H28ClN3O2S. The van der Waals surface area contributed by atoms with Gasteiger partial charge in [-0.05, 0) is 32.8 Å². The fourth-order valence-corrected chi connectivity index (χ4v) is 4.71. The minimum Gasteiger partial charge on any atom is -0.336 e. The number of nitrogens with zero attached hydrogens (tertiary/aromatic N) is 2. The molecule has 0 saturated carbocycles. The molecule has 1 aromatic rings. The van der Waals surface area contributed by atoms with E-state index in [2.05, 4.69) is 5.32 Å². The molecule has 1 aliphatic heterocycles. The average Bonchev–Trinajstić information content (AvgIpc) is 2.90. The van der Waals surface area contributed by atoms with E-state index in [1.165, 1.54) is 0 Å². The topological polar surface area (TPSA) is 52.6 Å². The van der Waals surface area contributed by atoms with Gasteiger partial charge in [-0.1, -0.05) is 36.7 Å². The molecule has 3 amide bonds. The molecule has 2 atom stereocenters. The molecule has 1 heterocycles. The molecule has 0 bridgehead atoms. The summed E-state index contributed by atoms with van der Waals surface area (Å²) >= 11 is 8.04. The van der Waals surface area contributed by atoms with Crippen molar-refractivity contribution < 1.29 is 9.59 Å². The standard InChI is InChI=1S/C19H28ClN3O2S/c1-5-16-17(24)23(12-8-11-22(4)19(25)21-13(2)3)18(26-16)14-9-6-7-10-15(14)20/h6-7,9-10,13,16,18H,5,8,11-12H2,1-4H3,(H,21,25)/t16-,18-/m1/s1.